The molecule has 0 saturated carbocycles. The molecule has 0 fully saturated rings. The molecule has 0 aliphatic heterocycles. The van der Waals surface area contributed by atoms with Crippen LogP contribution >= 0.6 is 34.8 Å². The lowest BCUT2D eigenvalue weighted by Gasteiger charge is -2.04. The number of nitrogens with zero attached hydrogens (tertiary/aromatic N) is 1. The van der Waals surface area contributed by atoms with Gasteiger partial charge in [0.1, 0.15) is 5.15 Å². The van der Waals surface area contributed by atoms with Crippen molar-refractivity contribution in [1.29, 1.82) is 0 Å². The molecule has 0 aromatic carbocycles. The molecule has 0 spiro atoms. The zero-order valence-corrected chi connectivity index (χ0v) is 7.76. The summed E-state index contributed by atoms with van der Waals surface area (Å²) in [7, 11) is 0. The molecule has 6 heteroatoms. The van der Waals surface area contributed by atoms with E-state index < -0.39 is 12.0 Å². The number of aromatic nitrogens is 1. The van der Waals surface area contributed by atoms with Crippen LogP contribution in [0.15, 0.2) is 6.20 Å². The Morgan fingerprint density at radius 3 is 2.25 bits per heavy atom. The van der Waals surface area contributed by atoms with E-state index in [9.17, 15) is 8.78 Å². The Kier molecular flexibility index (Phi) is 3.09. The summed E-state index contributed by atoms with van der Waals surface area (Å²) in [5, 5.41) is -0.464. The molecule has 0 aliphatic carbocycles. The fraction of sp³-hybridized carbons (Fsp3) is 0.167. The topological polar surface area (TPSA) is 12.9 Å². The van der Waals surface area contributed by atoms with Crippen molar-refractivity contribution in [3.05, 3.63) is 27.0 Å². The molecule has 0 unspecified atom stereocenters. The Morgan fingerprint density at radius 1 is 1.17 bits per heavy atom. The molecule has 1 aromatic rings. The van der Waals surface area contributed by atoms with Crippen LogP contribution in [0.25, 0.3) is 0 Å². The zero-order valence-electron chi connectivity index (χ0n) is 5.49. The minimum atomic E-state index is -2.69. The van der Waals surface area contributed by atoms with E-state index in [1.165, 1.54) is 0 Å². The van der Waals surface area contributed by atoms with Gasteiger partial charge in [-0.05, 0) is 0 Å². The van der Waals surface area contributed by atoms with Gasteiger partial charge in [0, 0.05) is 6.20 Å². The van der Waals surface area contributed by atoms with Gasteiger partial charge in [0.25, 0.3) is 6.43 Å². The van der Waals surface area contributed by atoms with Crippen molar-refractivity contribution in [3.8, 4) is 0 Å². The molecule has 1 nitrogen and oxygen atoms in total. The largest absolute Gasteiger partial charge is 0.266 e. The molecule has 12 heavy (non-hydrogen) atoms. The van der Waals surface area contributed by atoms with Crippen LogP contribution in [-0.2, 0) is 0 Å². The summed E-state index contributed by atoms with van der Waals surface area (Å²) in [4.78, 5) is 3.43. The molecule has 0 radical (unpaired) electrons. The molecule has 0 amide bonds. The fourth-order valence-corrected chi connectivity index (χ4v) is 1.18. The van der Waals surface area contributed by atoms with Gasteiger partial charge in [-0.25, -0.2) is 13.8 Å². The van der Waals surface area contributed by atoms with Gasteiger partial charge in [-0.2, -0.15) is 0 Å². The smallest absolute Gasteiger partial charge is 0.242 e. The number of hydrogen-bond acceptors (Lipinski definition) is 1. The number of hydrogen-bond donors (Lipinski definition) is 0. The van der Waals surface area contributed by atoms with Crippen molar-refractivity contribution in [2.24, 2.45) is 0 Å². The molecule has 66 valence electrons. The van der Waals surface area contributed by atoms with Crippen LogP contribution < -0.4 is 0 Å². The van der Waals surface area contributed by atoms with Gasteiger partial charge in [0.05, 0.1) is 15.6 Å². The molecule has 0 saturated heterocycles. The maximum Gasteiger partial charge on any atom is 0.266 e. The minimum absolute atomic E-state index is 0.0777. The Bertz CT molecular complexity index is 303. The predicted octanol–water partition coefficient (Wildman–Crippen LogP) is 3.98. The first-order valence-electron chi connectivity index (χ1n) is 2.81. The quantitative estimate of drug-likeness (QED) is 0.667. The Labute approximate surface area is 82.3 Å². The number of pyridine rings is 1. The highest BCUT2D eigenvalue weighted by Gasteiger charge is 2.16. The maximum atomic E-state index is 12.1. The first-order valence-corrected chi connectivity index (χ1v) is 3.95. The number of halogens is 5. The van der Waals surface area contributed by atoms with Gasteiger partial charge in [-0.3, -0.25) is 0 Å². The van der Waals surface area contributed by atoms with E-state index in [-0.39, 0.29) is 15.2 Å². The van der Waals surface area contributed by atoms with Crippen LogP contribution in [0.2, 0.25) is 15.2 Å². The molecule has 1 rings (SSSR count). The summed E-state index contributed by atoms with van der Waals surface area (Å²) >= 11 is 16.3. The van der Waals surface area contributed by atoms with Gasteiger partial charge in [-0.1, -0.05) is 34.8 Å². The number of alkyl halides is 2. The van der Waals surface area contributed by atoms with Gasteiger partial charge in [0.2, 0.25) is 0 Å². The normalized spacial score (nSPS) is 10.8. The van der Waals surface area contributed by atoms with Gasteiger partial charge >= 0.3 is 0 Å². The van der Waals surface area contributed by atoms with Crippen molar-refractivity contribution in [1.82, 2.24) is 4.98 Å². The third-order valence-electron chi connectivity index (χ3n) is 1.18. The Morgan fingerprint density at radius 2 is 1.75 bits per heavy atom. The highest BCUT2D eigenvalue weighted by atomic mass is 35.5. The average molecular weight is 232 g/mol. The van der Waals surface area contributed by atoms with E-state index in [2.05, 4.69) is 4.98 Å². The van der Waals surface area contributed by atoms with Crippen LogP contribution in [0.1, 0.15) is 12.0 Å². The maximum absolute atomic E-state index is 12.1. The average Bonchev–Trinajstić information content (AvgIpc) is 2.00. The van der Waals surface area contributed by atoms with Gasteiger partial charge in [-0.15, -0.1) is 0 Å². The van der Waals surface area contributed by atoms with Crippen LogP contribution in [0.3, 0.4) is 0 Å². The summed E-state index contributed by atoms with van der Waals surface area (Å²) in [6, 6.07) is 0. The van der Waals surface area contributed by atoms with Crippen LogP contribution in [0.4, 0.5) is 8.78 Å². The lowest BCUT2D eigenvalue weighted by molar-refractivity contribution is 0.151. The molecule has 0 aliphatic rings. The van der Waals surface area contributed by atoms with E-state index in [4.69, 9.17) is 34.8 Å². The zero-order chi connectivity index (χ0) is 9.30. The monoisotopic (exact) mass is 231 g/mol. The lowest BCUT2D eigenvalue weighted by Crippen LogP contribution is -1.89. The molecular formula is C6H2Cl3F2N. The van der Waals surface area contributed by atoms with E-state index in [0.29, 0.717) is 0 Å². The second-order valence-corrected chi connectivity index (χ2v) is 3.05. The fourth-order valence-electron chi connectivity index (χ4n) is 0.609. The van der Waals surface area contributed by atoms with Crippen molar-refractivity contribution >= 4 is 34.8 Å². The van der Waals surface area contributed by atoms with Gasteiger partial charge in [0.15, 0.2) is 0 Å². The van der Waals surface area contributed by atoms with E-state index in [1.54, 1.807) is 0 Å². The predicted molar refractivity (Wildman–Crippen MR) is 44.2 cm³/mol. The SMILES string of the molecule is FC(F)c1cnc(Cl)c(Cl)c1Cl. The summed E-state index contributed by atoms with van der Waals surface area (Å²) in [6.07, 6.45) is -1.79. The molecule has 0 bridgehead atoms. The van der Waals surface area contributed by atoms with E-state index in [0.717, 1.165) is 6.20 Å². The van der Waals surface area contributed by atoms with Crippen LogP contribution in [0.5, 0.6) is 0 Å². The Hall–Kier alpha value is -0.120. The summed E-state index contributed by atoms with van der Waals surface area (Å²) in [5.41, 5.74) is -0.411. The highest BCUT2D eigenvalue weighted by Crippen LogP contribution is 2.35. The molecule has 1 aromatic heterocycles. The van der Waals surface area contributed by atoms with Crippen LogP contribution in [-0.4, -0.2) is 4.98 Å². The van der Waals surface area contributed by atoms with Crippen molar-refractivity contribution < 1.29 is 8.78 Å². The standard InChI is InChI=1S/C6H2Cl3F2N/c7-3-2(6(10)11)1-12-5(9)4(3)8/h1,6H. The van der Waals surface area contributed by atoms with Crippen molar-refractivity contribution in [2.75, 3.05) is 0 Å². The Balaban J connectivity index is 3.27. The molecule has 1 heterocycles. The van der Waals surface area contributed by atoms with Crippen molar-refractivity contribution in [3.63, 3.8) is 0 Å². The second kappa shape index (κ2) is 3.73. The summed E-state index contributed by atoms with van der Waals surface area (Å²) in [5.74, 6) is 0. The van der Waals surface area contributed by atoms with E-state index >= 15 is 0 Å². The minimum Gasteiger partial charge on any atom is -0.242 e. The first kappa shape index (κ1) is 9.96. The highest BCUT2D eigenvalue weighted by molar-refractivity contribution is 6.47. The first-order chi connectivity index (χ1) is 5.54. The third-order valence-corrected chi connectivity index (χ3v) is 2.43. The van der Waals surface area contributed by atoms with Crippen LogP contribution in [0, 0.1) is 0 Å². The number of rotatable bonds is 1. The lowest BCUT2D eigenvalue weighted by atomic mass is 10.3. The molecule has 0 atom stereocenters. The van der Waals surface area contributed by atoms with Crippen molar-refractivity contribution in [2.45, 2.75) is 6.43 Å². The summed E-state index contributed by atoms with van der Waals surface area (Å²) < 4.78 is 24.2. The van der Waals surface area contributed by atoms with E-state index in [1.807, 2.05) is 0 Å². The molecular weight excluding hydrogens is 230 g/mol. The molecule has 0 N–H and O–H groups in total. The second-order valence-electron chi connectivity index (χ2n) is 1.93. The van der Waals surface area contributed by atoms with Gasteiger partial charge < -0.3 is 0 Å². The third kappa shape index (κ3) is 1.79. The summed E-state index contributed by atoms with van der Waals surface area (Å²) in [6.45, 7) is 0.